The molecule has 1 N–H and O–H groups in total. The van der Waals surface area contributed by atoms with Gasteiger partial charge in [0.15, 0.2) is 0 Å². The normalized spacial score (nSPS) is 16.5. The van der Waals surface area contributed by atoms with Gasteiger partial charge in [-0.15, -0.1) is 0 Å². The number of nitrogens with one attached hydrogen (secondary N) is 1. The molecule has 0 saturated heterocycles. The molecule has 2 heterocycles. The highest BCUT2D eigenvalue weighted by Crippen LogP contribution is 2.40. The Morgan fingerprint density at radius 1 is 0.641 bits per heavy atom. The smallest absolute Gasteiger partial charge is 0.136 e. The topological polar surface area (TPSA) is 37.5 Å². The van der Waals surface area contributed by atoms with Gasteiger partial charge in [-0.25, -0.2) is 4.99 Å². The zero-order valence-corrected chi connectivity index (χ0v) is 21.1. The van der Waals surface area contributed by atoms with E-state index in [1.165, 1.54) is 16.3 Å². The van der Waals surface area contributed by atoms with Crippen LogP contribution in [0, 0.1) is 0 Å². The minimum absolute atomic E-state index is 0.0505. The number of aliphatic imine (C=N–C) groups is 1. The predicted molar refractivity (Wildman–Crippen MR) is 162 cm³/mol. The van der Waals surface area contributed by atoms with E-state index >= 15 is 0 Å². The molecule has 3 heteroatoms. The minimum atomic E-state index is 0.0505. The number of hydrogen-bond acceptors (Lipinski definition) is 3. The number of fused-ring (bicyclic) bond motifs is 5. The first-order chi connectivity index (χ1) is 19.3. The van der Waals surface area contributed by atoms with Gasteiger partial charge in [0, 0.05) is 27.5 Å². The number of benzene rings is 5. The molecule has 1 unspecified atom stereocenters. The first-order valence-corrected chi connectivity index (χ1v) is 13.3. The maximum absolute atomic E-state index is 6.55. The van der Waals surface area contributed by atoms with E-state index in [1.807, 2.05) is 6.07 Å². The molecule has 0 bridgehead atoms. The molecule has 0 fully saturated rings. The van der Waals surface area contributed by atoms with Gasteiger partial charge in [0.2, 0.25) is 0 Å². The average molecular weight is 501 g/mol. The lowest BCUT2D eigenvalue weighted by Crippen LogP contribution is -2.39. The van der Waals surface area contributed by atoms with Crippen LogP contribution in [0.1, 0.15) is 11.1 Å². The third-order valence-electron chi connectivity index (χ3n) is 7.66. The first-order valence-electron chi connectivity index (χ1n) is 13.3. The van der Waals surface area contributed by atoms with Gasteiger partial charge in [-0.3, -0.25) is 0 Å². The van der Waals surface area contributed by atoms with Gasteiger partial charge in [-0.2, -0.15) is 0 Å². The Morgan fingerprint density at radius 3 is 2.15 bits per heavy atom. The van der Waals surface area contributed by atoms with Crippen molar-refractivity contribution in [3.8, 4) is 11.1 Å². The summed E-state index contributed by atoms with van der Waals surface area (Å²) in [6, 6.07) is 38.3. The second kappa shape index (κ2) is 8.71. The van der Waals surface area contributed by atoms with Gasteiger partial charge < -0.3 is 9.73 Å². The highest BCUT2D eigenvalue weighted by atomic mass is 16.3. The van der Waals surface area contributed by atoms with Crippen LogP contribution in [0.3, 0.4) is 0 Å². The van der Waals surface area contributed by atoms with Gasteiger partial charge in [0.05, 0.1) is 11.7 Å². The Hall–Kier alpha value is -5.15. The molecule has 1 aliphatic heterocycles. The van der Waals surface area contributed by atoms with E-state index in [4.69, 9.17) is 9.41 Å². The van der Waals surface area contributed by atoms with E-state index < -0.39 is 0 Å². The summed E-state index contributed by atoms with van der Waals surface area (Å²) in [7, 11) is 0. The number of rotatable bonds is 3. The van der Waals surface area contributed by atoms with Gasteiger partial charge in [0.25, 0.3) is 0 Å². The van der Waals surface area contributed by atoms with E-state index in [9.17, 15) is 0 Å². The predicted octanol–water partition coefficient (Wildman–Crippen LogP) is 8.66. The molecule has 0 spiro atoms. The Morgan fingerprint density at radius 2 is 1.36 bits per heavy atom. The number of hydrogen-bond donors (Lipinski definition) is 1. The van der Waals surface area contributed by atoms with E-state index in [1.54, 1.807) is 0 Å². The van der Waals surface area contributed by atoms with Gasteiger partial charge in [-0.05, 0) is 46.2 Å². The fraction of sp³-hybridized carbons (Fsp3) is 0.0278. The summed E-state index contributed by atoms with van der Waals surface area (Å²) in [5, 5.41) is 8.32. The summed E-state index contributed by atoms with van der Waals surface area (Å²) in [5.74, 6) is 0.840. The zero-order valence-electron chi connectivity index (χ0n) is 21.1. The summed E-state index contributed by atoms with van der Waals surface area (Å²) in [5.41, 5.74) is 8.31. The van der Waals surface area contributed by atoms with Crippen molar-refractivity contribution in [3.63, 3.8) is 0 Å². The van der Waals surface area contributed by atoms with Crippen molar-refractivity contribution in [2.45, 2.75) is 6.04 Å². The fourth-order valence-electron chi connectivity index (χ4n) is 5.80. The number of amidine groups is 1. The van der Waals surface area contributed by atoms with E-state index in [0.717, 1.165) is 55.7 Å². The van der Waals surface area contributed by atoms with Crippen molar-refractivity contribution in [1.29, 1.82) is 0 Å². The van der Waals surface area contributed by atoms with Crippen LogP contribution < -0.4 is 5.32 Å². The van der Waals surface area contributed by atoms with Crippen LogP contribution in [0.25, 0.3) is 49.5 Å². The molecule has 8 rings (SSSR count). The Bertz CT molecular complexity index is 2030. The number of furan rings is 1. The summed E-state index contributed by atoms with van der Waals surface area (Å²) in [6.07, 6.45) is 8.52. The van der Waals surface area contributed by atoms with Gasteiger partial charge in [-0.1, -0.05) is 109 Å². The summed E-state index contributed by atoms with van der Waals surface area (Å²) in [4.78, 5) is 5.21. The molecule has 6 aromatic rings. The molecule has 3 nitrogen and oxygen atoms in total. The molecule has 0 saturated carbocycles. The molecule has 1 aromatic heterocycles. The summed E-state index contributed by atoms with van der Waals surface area (Å²) >= 11 is 0. The summed E-state index contributed by atoms with van der Waals surface area (Å²) < 4.78 is 6.55. The highest BCUT2D eigenvalue weighted by Gasteiger charge is 2.25. The van der Waals surface area contributed by atoms with Crippen molar-refractivity contribution in [1.82, 2.24) is 5.32 Å². The third-order valence-corrected chi connectivity index (χ3v) is 7.66. The van der Waals surface area contributed by atoms with Crippen LogP contribution in [0.2, 0.25) is 0 Å². The van der Waals surface area contributed by atoms with Crippen LogP contribution in [-0.4, -0.2) is 11.9 Å². The monoisotopic (exact) mass is 500 g/mol. The SMILES string of the molecule is C1=CC2=C(c3ccccc3)N=C(c3cc(-c4ccccc4)c4c(c3)oc3cc5ccccc5cc34)NC2C=C1. The Balaban J connectivity index is 1.39. The van der Waals surface area contributed by atoms with Crippen molar-refractivity contribution >= 4 is 44.2 Å². The lowest BCUT2D eigenvalue weighted by atomic mass is 9.92. The quantitative estimate of drug-likeness (QED) is 0.264. The maximum atomic E-state index is 6.55. The molecular weight excluding hydrogens is 476 g/mol. The molecule has 184 valence electrons. The van der Waals surface area contributed by atoms with Crippen molar-refractivity contribution in [2.75, 3.05) is 0 Å². The molecule has 0 amide bonds. The Kier molecular flexibility index (Phi) is 4.89. The lowest BCUT2D eigenvalue weighted by molar-refractivity contribution is 0.669. The van der Waals surface area contributed by atoms with Crippen LogP contribution in [-0.2, 0) is 0 Å². The van der Waals surface area contributed by atoms with E-state index in [0.29, 0.717) is 0 Å². The van der Waals surface area contributed by atoms with E-state index in [-0.39, 0.29) is 6.04 Å². The number of nitrogens with zero attached hydrogens (tertiary/aromatic N) is 1. The van der Waals surface area contributed by atoms with Crippen LogP contribution >= 0.6 is 0 Å². The molecule has 39 heavy (non-hydrogen) atoms. The lowest BCUT2D eigenvalue weighted by Gasteiger charge is -2.28. The van der Waals surface area contributed by atoms with E-state index in [2.05, 4.69) is 133 Å². The molecule has 1 atom stereocenters. The second-order valence-electron chi connectivity index (χ2n) is 10.1. The fourth-order valence-corrected chi connectivity index (χ4v) is 5.80. The molecular formula is C36H24N2O. The second-order valence-corrected chi connectivity index (χ2v) is 10.1. The van der Waals surface area contributed by atoms with Crippen LogP contribution in [0.5, 0.6) is 0 Å². The highest BCUT2D eigenvalue weighted by molar-refractivity contribution is 6.18. The maximum Gasteiger partial charge on any atom is 0.136 e. The molecule has 1 aliphatic carbocycles. The summed E-state index contributed by atoms with van der Waals surface area (Å²) in [6.45, 7) is 0. The molecule has 5 aromatic carbocycles. The van der Waals surface area contributed by atoms with Crippen molar-refractivity contribution < 1.29 is 4.42 Å². The van der Waals surface area contributed by atoms with Crippen LogP contribution in [0.15, 0.2) is 148 Å². The van der Waals surface area contributed by atoms with Gasteiger partial charge >= 0.3 is 0 Å². The largest absolute Gasteiger partial charge is 0.456 e. The van der Waals surface area contributed by atoms with Crippen LogP contribution in [0.4, 0.5) is 0 Å². The zero-order chi connectivity index (χ0) is 25.8. The minimum Gasteiger partial charge on any atom is -0.456 e. The number of allylic oxidation sites excluding steroid dienone is 2. The first kappa shape index (κ1) is 21.9. The standard InChI is InChI=1S/C36H24N2O/c1-3-11-23(12-4-1)29-20-27(22-33-34(29)30-19-25-15-7-8-16-26(25)21-32(30)39-33)36-37-31-18-10-9-17-28(31)35(38-36)24-13-5-2-6-14-24/h1-22,31H,(H,37,38). The molecule has 2 aliphatic rings. The third kappa shape index (κ3) is 3.63. The average Bonchev–Trinajstić information content (AvgIpc) is 3.37. The van der Waals surface area contributed by atoms with Crippen molar-refractivity contribution in [3.05, 3.63) is 150 Å². The Labute approximate surface area is 226 Å². The van der Waals surface area contributed by atoms with Gasteiger partial charge in [0.1, 0.15) is 17.0 Å². The van der Waals surface area contributed by atoms with Crippen molar-refractivity contribution in [2.24, 2.45) is 4.99 Å². The molecule has 0 radical (unpaired) electrons.